The molecule has 2 heterocycles. The van der Waals surface area contributed by atoms with Gasteiger partial charge < -0.3 is 24.6 Å². The number of halogens is 2. The minimum atomic E-state index is -1.05. The SMILES string of the molecule is COc1cc2c(cc1OC)CN(C(=O)C1CCCN(CCNC(=O)c3ccc(F)c(F)c3)C1)CC2. The van der Waals surface area contributed by atoms with E-state index >= 15 is 0 Å². The lowest BCUT2D eigenvalue weighted by Crippen LogP contribution is -2.47. The molecule has 0 saturated carbocycles. The Morgan fingerprint density at radius 3 is 2.49 bits per heavy atom. The first-order chi connectivity index (χ1) is 16.9. The number of likely N-dealkylation sites (tertiary alicyclic amines) is 1. The number of carbonyl (C=O) groups excluding carboxylic acids is 2. The number of amides is 2. The molecule has 2 aliphatic heterocycles. The highest BCUT2D eigenvalue weighted by molar-refractivity contribution is 5.94. The highest BCUT2D eigenvalue weighted by Gasteiger charge is 2.31. The van der Waals surface area contributed by atoms with Crippen LogP contribution in [0.25, 0.3) is 0 Å². The first-order valence-corrected chi connectivity index (χ1v) is 11.9. The first kappa shape index (κ1) is 24.9. The number of nitrogens with one attached hydrogen (secondary N) is 1. The number of rotatable bonds is 7. The van der Waals surface area contributed by atoms with Crippen LogP contribution in [0.15, 0.2) is 30.3 Å². The smallest absolute Gasteiger partial charge is 0.251 e. The molecular weight excluding hydrogens is 456 g/mol. The molecule has 0 aliphatic carbocycles. The second kappa shape index (κ2) is 11.0. The largest absolute Gasteiger partial charge is 0.493 e. The zero-order valence-corrected chi connectivity index (χ0v) is 20.1. The molecule has 0 radical (unpaired) electrons. The number of methoxy groups -OCH3 is 2. The number of hydrogen-bond acceptors (Lipinski definition) is 5. The first-order valence-electron chi connectivity index (χ1n) is 11.9. The van der Waals surface area contributed by atoms with E-state index < -0.39 is 17.5 Å². The molecule has 35 heavy (non-hydrogen) atoms. The predicted octanol–water partition coefficient (Wildman–Crippen LogP) is 3.01. The van der Waals surface area contributed by atoms with Crippen molar-refractivity contribution in [2.24, 2.45) is 5.92 Å². The molecule has 0 aromatic heterocycles. The average Bonchev–Trinajstić information content (AvgIpc) is 2.88. The third-order valence-corrected chi connectivity index (χ3v) is 6.78. The van der Waals surface area contributed by atoms with E-state index in [9.17, 15) is 18.4 Å². The predicted molar refractivity (Wildman–Crippen MR) is 127 cm³/mol. The fourth-order valence-electron chi connectivity index (χ4n) is 4.86. The molecule has 0 spiro atoms. The van der Waals surface area contributed by atoms with Crippen molar-refractivity contribution in [1.29, 1.82) is 0 Å². The Kier molecular flexibility index (Phi) is 7.85. The monoisotopic (exact) mass is 487 g/mol. The van der Waals surface area contributed by atoms with E-state index in [2.05, 4.69) is 10.2 Å². The van der Waals surface area contributed by atoms with Crippen LogP contribution in [0.3, 0.4) is 0 Å². The number of piperidine rings is 1. The molecule has 2 aromatic carbocycles. The van der Waals surface area contributed by atoms with E-state index in [4.69, 9.17) is 9.47 Å². The summed E-state index contributed by atoms with van der Waals surface area (Å²) in [4.78, 5) is 29.6. The molecule has 1 N–H and O–H groups in total. The molecule has 7 nitrogen and oxygen atoms in total. The molecule has 9 heteroatoms. The summed E-state index contributed by atoms with van der Waals surface area (Å²) >= 11 is 0. The van der Waals surface area contributed by atoms with Gasteiger partial charge in [0.15, 0.2) is 23.1 Å². The molecule has 1 saturated heterocycles. The van der Waals surface area contributed by atoms with Gasteiger partial charge in [0.1, 0.15) is 0 Å². The van der Waals surface area contributed by atoms with Crippen molar-refractivity contribution in [3.05, 3.63) is 58.7 Å². The van der Waals surface area contributed by atoms with Gasteiger partial charge in [-0.25, -0.2) is 8.78 Å². The van der Waals surface area contributed by atoms with Crippen molar-refractivity contribution in [1.82, 2.24) is 15.1 Å². The lowest BCUT2D eigenvalue weighted by atomic mass is 9.93. The lowest BCUT2D eigenvalue weighted by molar-refractivity contribution is -0.138. The minimum Gasteiger partial charge on any atom is -0.493 e. The van der Waals surface area contributed by atoms with Gasteiger partial charge in [0.2, 0.25) is 5.91 Å². The number of carbonyl (C=O) groups is 2. The van der Waals surface area contributed by atoms with Crippen molar-refractivity contribution in [3.63, 3.8) is 0 Å². The van der Waals surface area contributed by atoms with Crippen molar-refractivity contribution in [2.45, 2.75) is 25.8 Å². The third-order valence-electron chi connectivity index (χ3n) is 6.78. The standard InChI is InChI=1S/C26H31F2N3O4/c1-34-23-13-17-7-10-31(16-20(17)14-24(23)35-2)26(33)19-4-3-9-30(15-19)11-8-29-25(32)18-5-6-21(27)22(28)12-18/h5-6,12-14,19H,3-4,7-11,15-16H2,1-2H3,(H,29,32). The second-order valence-corrected chi connectivity index (χ2v) is 9.01. The van der Waals surface area contributed by atoms with Crippen LogP contribution in [0.1, 0.15) is 34.3 Å². The van der Waals surface area contributed by atoms with Gasteiger partial charge >= 0.3 is 0 Å². The number of hydrogen-bond donors (Lipinski definition) is 1. The van der Waals surface area contributed by atoms with Crippen LogP contribution in [-0.2, 0) is 17.8 Å². The van der Waals surface area contributed by atoms with Gasteiger partial charge in [-0.3, -0.25) is 9.59 Å². The highest BCUT2D eigenvalue weighted by Crippen LogP contribution is 2.34. The van der Waals surface area contributed by atoms with E-state index in [1.165, 1.54) is 11.6 Å². The quantitative estimate of drug-likeness (QED) is 0.650. The van der Waals surface area contributed by atoms with E-state index in [1.807, 2.05) is 17.0 Å². The average molecular weight is 488 g/mol. The summed E-state index contributed by atoms with van der Waals surface area (Å²) in [5.74, 6) is -1.06. The van der Waals surface area contributed by atoms with Crippen LogP contribution in [0.2, 0.25) is 0 Å². The van der Waals surface area contributed by atoms with Gasteiger partial charge in [-0.05, 0) is 67.3 Å². The molecule has 1 fully saturated rings. The molecule has 2 amide bonds. The van der Waals surface area contributed by atoms with E-state index in [1.54, 1.807) is 14.2 Å². The maximum absolute atomic E-state index is 13.4. The Balaban J connectivity index is 1.30. The summed E-state index contributed by atoms with van der Waals surface area (Å²) in [5.41, 5.74) is 2.33. The van der Waals surface area contributed by atoms with Gasteiger partial charge in [0.25, 0.3) is 5.91 Å². The van der Waals surface area contributed by atoms with E-state index in [-0.39, 0.29) is 17.4 Å². The van der Waals surface area contributed by atoms with Crippen LogP contribution in [0, 0.1) is 17.6 Å². The topological polar surface area (TPSA) is 71.1 Å². The van der Waals surface area contributed by atoms with Crippen molar-refractivity contribution in [2.75, 3.05) is 46.9 Å². The van der Waals surface area contributed by atoms with Gasteiger partial charge in [0, 0.05) is 38.3 Å². The van der Waals surface area contributed by atoms with Gasteiger partial charge in [-0.2, -0.15) is 0 Å². The number of benzene rings is 2. The molecule has 1 unspecified atom stereocenters. The Labute approximate surface area is 204 Å². The van der Waals surface area contributed by atoms with Crippen LogP contribution in [0.5, 0.6) is 11.5 Å². The van der Waals surface area contributed by atoms with Gasteiger partial charge in [-0.15, -0.1) is 0 Å². The van der Waals surface area contributed by atoms with E-state index in [0.717, 1.165) is 43.5 Å². The zero-order valence-electron chi connectivity index (χ0n) is 20.1. The number of fused-ring (bicyclic) bond motifs is 1. The lowest BCUT2D eigenvalue weighted by Gasteiger charge is -2.37. The Morgan fingerprint density at radius 1 is 1.03 bits per heavy atom. The summed E-state index contributed by atoms with van der Waals surface area (Å²) in [6.07, 6.45) is 2.52. The normalized spacial score (nSPS) is 18.1. The van der Waals surface area contributed by atoms with Crippen LogP contribution >= 0.6 is 0 Å². The fraction of sp³-hybridized carbons (Fsp3) is 0.462. The molecule has 1 atom stereocenters. The Bertz CT molecular complexity index is 1090. The summed E-state index contributed by atoms with van der Waals surface area (Å²) in [7, 11) is 3.22. The second-order valence-electron chi connectivity index (χ2n) is 9.01. The summed E-state index contributed by atoms with van der Waals surface area (Å²) in [6, 6.07) is 7.04. The molecule has 188 valence electrons. The molecule has 2 aliphatic rings. The van der Waals surface area contributed by atoms with Crippen LogP contribution < -0.4 is 14.8 Å². The third kappa shape index (κ3) is 5.73. The zero-order chi connectivity index (χ0) is 24.9. The van der Waals surface area contributed by atoms with E-state index in [0.29, 0.717) is 44.2 Å². The minimum absolute atomic E-state index is 0.0789. The number of nitrogens with zero attached hydrogens (tertiary/aromatic N) is 2. The molecule has 2 aromatic rings. The van der Waals surface area contributed by atoms with Crippen LogP contribution in [-0.4, -0.2) is 68.6 Å². The van der Waals surface area contributed by atoms with Crippen molar-refractivity contribution in [3.8, 4) is 11.5 Å². The van der Waals surface area contributed by atoms with Gasteiger partial charge in [-0.1, -0.05) is 0 Å². The van der Waals surface area contributed by atoms with Gasteiger partial charge in [0.05, 0.1) is 20.1 Å². The Hall–Kier alpha value is -3.20. The number of ether oxygens (including phenoxy) is 2. The summed E-state index contributed by atoms with van der Waals surface area (Å²) < 4.78 is 37.3. The summed E-state index contributed by atoms with van der Waals surface area (Å²) in [5, 5.41) is 2.74. The molecular formula is C26H31F2N3O4. The fourth-order valence-corrected chi connectivity index (χ4v) is 4.86. The Morgan fingerprint density at radius 2 is 1.77 bits per heavy atom. The molecule has 4 rings (SSSR count). The summed E-state index contributed by atoms with van der Waals surface area (Å²) in [6.45, 7) is 3.65. The highest BCUT2D eigenvalue weighted by atomic mass is 19.2. The maximum Gasteiger partial charge on any atom is 0.251 e. The maximum atomic E-state index is 13.4. The van der Waals surface area contributed by atoms with Crippen molar-refractivity contribution >= 4 is 11.8 Å². The molecule has 0 bridgehead atoms. The van der Waals surface area contributed by atoms with Crippen molar-refractivity contribution < 1.29 is 27.8 Å². The van der Waals surface area contributed by atoms with Crippen LogP contribution in [0.4, 0.5) is 8.78 Å².